The molecular formula is C52H50F4N8O7S2. The van der Waals surface area contributed by atoms with Crippen LogP contribution in [-0.4, -0.2) is 64.4 Å². The highest BCUT2D eigenvalue weighted by atomic mass is 32.1. The van der Waals surface area contributed by atoms with E-state index in [1.54, 1.807) is 12.1 Å². The maximum atomic E-state index is 14.4. The van der Waals surface area contributed by atoms with Gasteiger partial charge in [0.15, 0.2) is 33.4 Å². The number of aryl methyl sites for hydroxylation is 2. The van der Waals surface area contributed by atoms with Crippen molar-refractivity contribution in [1.82, 2.24) is 25.3 Å². The van der Waals surface area contributed by atoms with Crippen molar-refractivity contribution in [1.29, 1.82) is 0 Å². The molecule has 0 saturated heterocycles. The number of nitrogens with two attached hydrogens (primary N) is 3. The summed E-state index contributed by atoms with van der Waals surface area (Å²) >= 11 is 2.76. The lowest BCUT2D eigenvalue weighted by Crippen LogP contribution is -2.24. The van der Waals surface area contributed by atoms with Crippen LogP contribution in [0.1, 0.15) is 68.9 Å². The smallest absolute Gasteiger partial charge is 0.341 e. The number of carbonyl (C=O) groups is 2. The van der Waals surface area contributed by atoms with Gasteiger partial charge in [-0.25, -0.2) is 42.3 Å². The van der Waals surface area contributed by atoms with E-state index in [1.807, 2.05) is 50.2 Å². The summed E-state index contributed by atoms with van der Waals surface area (Å²) in [5.41, 5.74) is 23.9. The van der Waals surface area contributed by atoms with Crippen LogP contribution in [-0.2, 0) is 13.1 Å². The molecular weight excluding hydrogens is 989 g/mol. The van der Waals surface area contributed by atoms with E-state index in [2.05, 4.69) is 25.3 Å². The number of carbonyl (C=O) groups excluding carboxylic acids is 1. The summed E-state index contributed by atoms with van der Waals surface area (Å²) in [7, 11) is 2.83. The first-order chi connectivity index (χ1) is 35.0. The van der Waals surface area contributed by atoms with Crippen LogP contribution in [0.15, 0.2) is 72.8 Å². The predicted octanol–water partition coefficient (Wildman–Crippen LogP) is 10.4. The third-order valence-corrected chi connectivity index (χ3v) is 13.5. The second-order valence-corrected chi connectivity index (χ2v) is 19.4. The Morgan fingerprint density at radius 3 is 1.56 bits per heavy atom. The van der Waals surface area contributed by atoms with Crippen molar-refractivity contribution in [3.8, 4) is 45.5 Å². The number of nitrogens with zero attached hydrogens (tertiary/aromatic N) is 4. The quantitative estimate of drug-likeness (QED) is 0.0601. The van der Waals surface area contributed by atoms with Crippen LogP contribution in [0.2, 0.25) is 0 Å². The van der Waals surface area contributed by atoms with Gasteiger partial charge in [-0.2, -0.15) is 0 Å². The van der Waals surface area contributed by atoms with Gasteiger partial charge in [-0.1, -0.05) is 34.8 Å². The minimum absolute atomic E-state index is 0.0343. The molecule has 2 aliphatic carbocycles. The number of benzene rings is 4. The minimum atomic E-state index is -1.08. The Kier molecular flexibility index (Phi) is 15.9. The number of nitrogens with one attached hydrogen (secondary N) is 1. The van der Waals surface area contributed by atoms with E-state index in [0.717, 1.165) is 86.6 Å². The van der Waals surface area contributed by atoms with Gasteiger partial charge in [0, 0.05) is 58.9 Å². The third-order valence-electron chi connectivity index (χ3n) is 11.8. The SMILES string of the molecule is COc1nc(C)c(-c2ccc3nc(N)sc3c2)cc1C(=O)NCc1cc(F)cc(F)c1OCC1CC1.COc1nc(C)c(-c2ccc3nc(N)sc3c2)cc1C(=O)O.NCc1cc(F)cc(F)c1OCC1CC1. The number of methoxy groups -OCH3 is 2. The van der Waals surface area contributed by atoms with Crippen molar-refractivity contribution < 1.29 is 51.2 Å². The number of pyridine rings is 2. The lowest BCUT2D eigenvalue weighted by Gasteiger charge is -2.15. The Labute approximate surface area is 424 Å². The van der Waals surface area contributed by atoms with Crippen molar-refractivity contribution in [2.75, 3.05) is 38.9 Å². The molecule has 0 spiro atoms. The van der Waals surface area contributed by atoms with E-state index >= 15 is 0 Å². The molecule has 0 radical (unpaired) electrons. The number of rotatable bonds is 15. The summed E-state index contributed by atoms with van der Waals surface area (Å²) in [4.78, 5) is 41.7. The highest BCUT2D eigenvalue weighted by molar-refractivity contribution is 7.22. The standard InChI is InChI=1S/C26H24F2N4O3S.C15H13N3O3S.C11H13F2NO/c1-13-18(15-5-6-21-22(8-15)36-26(29)32-21)10-19(25(31-13)34-2)24(33)30-11-16-7-17(27)9-20(28)23(16)35-12-14-3-4-14;1-7-9(6-10(14(19)20)13(17-7)21-2)8-3-4-11-12(5-8)22-15(16)18-11;12-9-3-8(5-14)11(10(13)4-9)15-6-7-1-2-7/h5-10,14H,3-4,11-12H2,1-2H3,(H2,29,32)(H,30,33);3-6H,1-2H3,(H2,16,18)(H,19,20);3-4,7H,1-2,5-6,14H2. The van der Waals surface area contributed by atoms with Crippen molar-refractivity contribution in [2.45, 2.75) is 52.6 Å². The number of nitrogen functional groups attached to an aromatic ring is 2. The van der Waals surface area contributed by atoms with E-state index in [1.165, 1.54) is 43.0 Å². The van der Waals surface area contributed by atoms with Crippen LogP contribution in [0.4, 0.5) is 27.8 Å². The maximum Gasteiger partial charge on any atom is 0.341 e. The monoisotopic (exact) mass is 1040 g/mol. The number of thiazole rings is 2. The summed E-state index contributed by atoms with van der Waals surface area (Å²) in [6.45, 7) is 4.44. The molecule has 8 aromatic rings. The van der Waals surface area contributed by atoms with E-state index in [-0.39, 0.29) is 53.0 Å². The number of aromatic nitrogens is 4. The molecule has 4 heterocycles. The Morgan fingerprint density at radius 1 is 0.658 bits per heavy atom. The Hall–Kier alpha value is -7.62. The molecule has 15 nitrogen and oxygen atoms in total. The maximum absolute atomic E-state index is 14.4. The molecule has 21 heteroatoms. The van der Waals surface area contributed by atoms with Crippen LogP contribution in [0, 0.1) is 49.0 Å². The molecule has 4 aromatic heterocycles. The van der Waals surface area contributed by atoms with Gasteiger partial charge >= 0.3 is 5.97 Å². The van der Waals surface area contributed by atoms with Crippen molar-refractivity contribution in [2.24, 2.45) is 17.6 Å². The Balaban J connectivity index is 0.000000162. The molecule has 2 saturated carbocycles. The van der Waals surface area contributed by atoms with Crippen molar-refractivity contribution >= 4 is 65.2 Å². The van der Waals surface area contributed by atoms with Crippen LogP contribution < -0.4 is 41.5 Å². The molecule has 73 heavy (non-hydrogen) atoms. The molecule has 0 aliphatic heterocycles. The summed E-state index contributed by atoms with van der Waals surface area (Å²) in [6.07, 6.45) is 4.31. The topological polar surface area (TPSA) is 233 Å². The molecule has 8 N–H and O–H groups in total. The first kappa shape index (κ1) is 51.7. The molecule has 380 valence electrons. The second kappa shape index (κ2) is 22.4. The zero-order chi connectivity index (χ0) is 52.1. The Morgan fingerprint density at radius 2 is 1.11 bits per heavy atom. The second-order valence-electron chi connectivity index (χ2n) is 17.3. The summed E-state index contributed by atoms with van der Waals surface area (Å²) in [5.74, 6) is -3.18. The van der Waals surface area contributed by atoms with Gasteiger partial charge in [0.1, 0.15) is 22.8 Å². The zero-order valence-corrected chi connectivity index (χ0v) is 41.6. The van der Waals surface area contributed by atoms with Crippen molar-refractivity contribution in [3.63, 3.8) is 0 Å². The number of halogens is 4. The fraction of sp³-hybridized carbons (Fsp3) is 0.269. The molecule has 0 atom stereocenters. The number of hydrogen-bond acceptors (Lipinski definition) is 15. The number of ether oxygens (including phenoxy) is 4. The number of aromatic carboxylic acids is 1. The first-order valence-electron chi connectivity index (χ1n) is 22.9. The fourth-order valence-corrected chi connectivity index (χ4v) is 9.22. The Bertz CT molecular complexity index is 3370. The van der Waals surface area contributed by atoms with E-state index < -0.39 is 35.1 Å². The lowest BCUT2D eigenvalue weighted by atomic mass is 10.0. The van der Waals surface area contributed by atoms with Gasteiger partial charge in [0.25, 0.3) is 5.91 Å². The molecule has 1 amide bonds. The van der Waals surface area contributed by atoms with Crippen LogP contribution in [0.25, 0.3) is 42.7 Å². The predicted molar refractivity (Wildman–Crippen MR) is 272 cm³/mol. The van der Waals surface area contributed by atoms with Gasteiger partial charge in [-0.3, -0.25) is 4.79 Å². The summed E-state index contributed by atoms with van der Waals surface area (Å²) < 4.78 is 77.7. The van der Waals surface area contributed by atoms with E-state index in [9.17, 15) is 32.3 Å². The summed E-state index contributed by atoms with van der Waals surface area (Å²) in [6, 6.07) is 18.6. The zero-order valence-electron chi connectivity index (χ0n) is 40.0. The number of carboxylic acids is 1. The summed E-state index contributed by atoms with van der Waals surface area (Å²) in [5, 5.41) is 13.0. The molecule has 0 unspecified atom stereocenters. The fourth-order valence-electron chi connectivity index (χ4n) is 7.67. The largest absolute Gasteiger partial charge is 0.490 e. The molecule has 2 fully saturated rings. The minimum Gasteiger partial charge on any atom is -0.490 e. The van der Waals surface area contributed by atoms with Gasteiger partial charge in [0.05, 0.1) is 47.9 Å². The van der Waals surface area contributed by atoms with Crippen LogP contribution >= 0.6 is 22.7 Å². The molecule has 0 bridgehead atoms. The number of fused-ring (bicyclic) bond motifs is 2. The molecule has 4 aromatic carbocycles. The number of hydrogen-bond donors (Lipinski definition) is 5. The van der Waals surface area contributed by atoms with E-state index in [4.69, 9.17) is 36.1 Å². The van der Waals surface area contributed by atoms with Gasteiger partial charge in [-0.15, -0.1) is 0 Å². The van der Waals surface area contributed by atoms with Gasteiger partial charge in [-0.05, 0) is 111 Å². The van der Waals surface area contributed by atoms with Crippen molar-refractivity contribution in [3.05, 3.63) is 130 Å². The van der Waals surface area contributed by atoms with Gasteiger partial charge < -0.3 is 46.6 Å². The average molecular weight is 1040 g/mol. The highest BCUT2D eigenvalue weighted by Crippen LogP contribution is 2.36. The van der Waals surface area contributed by atoms with Crippen LogP contribution in [0.5, 0.6) is 23.3 Å². The average Bonchev–Trinajstić information content (AvgIpc) is 4.29. The number of amides is 1. The normalized spacial score (nSPS) is 12.9. The number of carboxylic acid groups (broad SMARTS) is 1. The number of anilines is 2. The van der Waals surface area contributed by atoms with Crippen LogP contribution in [0.3, 0.4) is 0 Å². The molecule has 2 aliphatic rings. The highest BCUT2D eigenvalue weighted by Gasteiger charge is 2.26. The third kappa shape index (κ3) is 12.5. The first-order valence-corrected chi connectivity index (χ1v) is 24.5. The van der Waals surface area contributed by atoms with Gasteiger partial charge in [0.2, 0.25) is 11.8 Å². The lowest BCUT2D eigenvalue weighted by molar-refractivity contribution is 0.0692. The van der Waals surface area contributed by atoms with E-state index in [0.29, 0.717) is 52.3 Å². The molecule has 10 rings (SSSR count).